The van der Waals surface area contributed by atoms with Crippen LogP contribution in [-0.4, -0.2) is 23.6 Å². The number of methoxy groups -OCH3 is 1. The van der Waals surface area contributed by atoms with Crippen molar-refractivity contribution in [2.75, 3.05) is 19.0 Å². The smallest absolute Gasteiger partial charge is 0.318 e. The van der Waals surface area contributed by atoms with Gasteiger partial charge in [-0.25, -0.2) is 4.98 Å². The molecule has 1 aromatic heterocycles. The van der Waals surface area contributed by atoms with Crippen molar-refractivity contribution in [1.29, 1.82) is 0 Å². The first-order valence-electron chi connectivity index (χ1n) is 4.01. The van der Waals surface area contributed by atoms with Gasteiger partial charge >= 0.3 is 6.01 Å². The van der Waals surface area contributed by atoms with Crippen LogP contribution in [0, 0.1) is 12.3 Å². The van der Waals surface area contributed by atoms with Gasteiger partial charge < -0.3 is 10.1 Å². The maximum atomic E-state index is 5.84. The molecule has 14 heavy (non-hydrogen) atoms. The third kappa shape index (κ3) is 2.79. The highest BCUT2D eigenvalue weighted by molar-refractivity contribution is 6.32. The van der Waals surface area contributed by atoms with Crippen molar-refractivity contribution in [1.82, 2.24) is 9.97 Å². The van der Waals surface area contributed by atoms with E-state index in [4.69, 9.17) is 22.8 Å². The van der Waals surface area contributed by atoms with Crippen molar-refractivity contribution < 1.29 is 4.74 Å². The molecule has 0 aromatic carbocycles. The molecule has 0 aliphatic rings. The van der Waals surface area contributed by atoms with Gasteiger partial charge in [0.15, 0.2) is 5.82 Å². The Morgan fingerprint density at radius 3 is 3.14 bits per heavy atom. The molecule has 0 spiro atoms. The van der Waals surface area contributed by atoms with Crippen LogP contribution in [0.2, 0.25) is 5.02 Å². The second-order valence-corrected chi connectivity index (χ2v) is 2.84. The molecule has 0 fully saturated rings. The SMILES string of the molecule is C#CCCNc1nc(OC)ncc1Cl. The lowest BCUT2D eigenvalue weighted by Gasteiger charge is -2.06. The highest BCUT2D eigenvalue weighted by Gasteiger charge is 2.03. The molecule has 4 nitrogen and oxygen atoms in total. The molecule has 0 amide bonds. The molecule has 0 unspecified atom stereocenters. The second kappa shape index (κ2) is 5.30. The van der Waals surface area contributed by atoms with E-state index in [1.165, 1.54) is 13.3 Å². The fourth-order valence-corrected chi connectivity index (χ4v) is 0.984. The summed E-state index contributed by atoms with van der Waals surface area (Å²) in [6.07, 6.45) is 7.20. The van der Waals surface area contributed by atoms with E-state index < -0.39 is 0 Å². The first kappa shape index (κ1) is 10.6. The van der Waals surface area contributed by atoms with Gasteiger partial charge in [-0.3, -0.25) is 0 Å². The predicted octanol–water partition coefficient (Wildman–Crippen LogP) is 1.57. The van der Waals surface area contributed by atoms with Crippen molar-refractivity contribution >= 4 is 17.4 Å². The molecule has 0 bridgehead atoms. The van der Waals surface area contributed by atoms with E-state index in [0.29, 0.717) is 23.8 Å². The first-order chi connectivity index (χ1) is 6.77. The fraction of sp³-hybridized carbons (Fsp3) is 0.333. The first-order valence-corrected chi connectivity index (χ1v) is 4.39. The van der Waals surface area contributed by atoms with Crippen LogP contribution in [0.4, 0.5) is 5.82 Å². The Bertz CT molecular complexity index is 348. The molecule has 1 rings (SSSR count). The lowest BCUT2D eigenvalue weighted by atomic mass is 10.4. The number of nitrogens with one attached hydrogen (secondary N) is 1. The monoisotopic (exact) mass is 211 g/mol. The molecule has 1 N–H and O–H groups in total. The summed E-state index contributed by atoms with van der Waals surface area (Å²) in [6.45, 7) is 0.621. The molecule has 0 radical (unpaired) electrons. The lowest BCUT2D eigenvalue weighted by Crippen LogP contribution is -2.04. The van der Waals surface area contributed by atoms with E-state index in [-0.39, 0.29) is 6.01 Å². The summed E-state index contributed by atoms with van der Waals surface area (Å²) in [5.74, 6) is 3.04. The van der Waals surface area contributed by atoms with Gasteiger partial charge in [-0.1, -0.05) is 11.6 Å². The summed E-state index contributed by atoms with van der Waals surface area (Å²) in [5.41, 5.74) is 0. The minimum Gasteiger partial charge on any atom is -0.467 e. The number of aromatic nitrogens is 2. The second-order valence-electron chi connectivity index (χ2n) is 2.43. The predicted molar refractivity (Wildman–Crippen MR) is 55.5 cm³/mol. The molecule has 0 aliphatic carbocycles. The number of ether oxygens (including phenoxy) is 1. The molecule has 0 saturated carbocycles. The van der Waals surface area contributed by atoms with Crippen LogP contribution < -0.4 is 10.1 Å². The number of anilines is 1. The van der Waals surface area contributed by atoms with Crippen LogP contribution in [0.5, 0.6) is 6.01 Å². The van der Waals surface area contributed by atoms with Crippen molar-refractivity contribution in [3.63, 3.8) is 0 Å². The van der Waals surface area contributed by atoms with Gasteiger partial charge in [0.05, 0.1) is 13.3 Å². The minimum absolute atomic E-state index is 0.276. The van der Waals surface area contributed by atoms with E-state index >= 15 is 0 Å². The van der Waals surface area contributed by atoms with Crippen molar-refractivity contribution in [2.24, 2.45) is 0 Å². The molecule has 0 saturated heterocycles. The fourth-order valence-electron chi connectivity index (χ4n) is 0.826. The van der Waals surface area contributed by atoms with Gasteiger partial charge in [-0.05, 0) is 0 Å². The number of hydrogen-bond donors (Lipinski definition) is 1. The number of hydrogen-bond acceptors (Lipinski definition) is 4. The summed E-state index contributed by atoms with van der Waals surface area (Å²) in [5, 5.41) is 3.43. The van der Waals surface area contributed by atoms with Crippen LogP contribution in [0.3, 0.4) is 0 Å². The Kier molecular flexibility index (Phi) is 4.02. The topological polar surface area (TPSA) is 47.0 Å². The number of rotatable bonds is 4. The van der Waals surface area contributed by atoms with Crippen molar-refractivity contribution in [3.05, 3.63) is 11.2 Å². The Labute approximate surface area is 87.7 Å². The number of terminal acetylenes is 1. The van der Waals surface area contributed by atoms with Gasteiger partial charge in [0.2, 0.25) is 0 Å². The van der Waals surface area contributed by atoms with Crippen molar-refractivity contribution in [2.45, 2.75) is 6.42 Å². The van der Waals surface area contributed by atoms with Crippen LogP contribution in [0.15, 0.2) is 6.20 Å². The third-order valence-electron chi connectivity index (χ3n) is 1.47. The van der Waals surface area contributed by atoms with E-state index in [0.717, 1.165) is 0 Å². The van der Waals surface area contributed by atoms with Gasteiger partial charge in [0.25, 0.3) is 0 Å². The van der Waals surface area contributed by atoms with E-state index in [1.807, 2.05) is 0 Å². The molecule has 5 heteroatoms. The van der Waals surface area contributed by atoms with Crippen molar-refractivity contribution in [3.8, 4) is 18.4 Å². The average molecular weight is 212 g/mol. The molecule has 1 aromatic rings. The van der Waals surface area contributed by atoms with E-state index in [2.05, 4.69) is 21.2 Å². The van der Waals surface area contributed by atoms with Crippen LogP contribution in [-0.2, 0) is 0 Å². The van der Waals surface area contributed by atoms with Gasteiger partial charge in [0, 0.05) is 13.0 Å². The highest BCUT2D eigenvalue weighted by atomic mass is 35.5. The Morgan fingerprint density at radius 1 is 1.71 bits per heavy atom. The van der Waals surface area contributed by atoms with Crippen LogP contribution in [0.1, 0.15) is 6.42 Å². The average Bonchev–Trinajstić information content (AvgIpc) is 2.21. The normalized spacial score (nSPS) is 9.21. The molecular formula is C9H10ClN3O. The highest BCUT2D eigenvalue weighted by Crippen LogP contribution is 2.19. The number of nitrogens with zero attached hydrogens (tertiary/aromatic N) is 2. The Morgan fingerprint density at radius 2 is 2.50 bits per heavy atom. The van der Waals surface area contributed by atoms with Gasteiger partial charge in [-0.2, -0.15) is 4.98 Å². The third-order valence-corrected chi connectivity index (χ3v) is 1.74. The number of halogens is 1. The van der Waals surface area contributed by atoms with Gasteiger partial charge in [-0.15, -0.1) is 12.3 Å². The zero-order valence-corrected chi connectivity index (χ0v) is 8.51. The lowest BCUT2D eigenvalue weighted by molar-refractivity contribution is 0.380. The standard InChI is InChI=1S/C9H10ClN3O/c1-3-4-5-11-8-7(10)6-12-9(13-8)14-2/h1,6H,4-5H2,2H3,(H,11,12,13). The largest absolute Gasteiger partial charge is 0.467 e. The van der Waals surface area contributed by atoms with Gasteiger partial charge in [0.1, 0.15) is 5.02 Å². The quantitative estimate of drug-likeness (QED) is 0.607. The minimum atomic E-state index is 0.276. The molecular weight excluding hydrogens is 202 g/mol. The summed E-state index contributed by atoms with van der Waals surface area (Å²) in [4.78, 5) is 7.86. The van der Waals surface area contributed by atoms with E-state index in [9.17, 15) is 0 Å². The molecule has 1 heterocycles. The maximum absolute atomic E-state index is 5.84. The Hall–Kier alpha value is -1.47. The Balaban J connectivity index is 2.69. The zero-order valence-electron chi connectivity index (χ0n) is 7.75. The summed E-state index contributed by atoms with van der Waals surface area (Å²) in [7, 11) is 1.49. The van der Waals surface area contributed by atoms with Crippen LogP contribution >= 0.6 is 11.6 Å². The maximum Gasteiger partial charge on any atom is 0.318 e. The summed E-state index contributed by atoms with van der Waals surface area (Å²) >= 11 is 5.84. The summed E-state index contributed by atoms with van der Waals surface area (Å²) < 4.78 is 4.85. The van der Waals surface area contributed by atoms with Crippen LogP contribution in [0.25, 0.3) is 0 Å². The van der Waals surface area contributed by atoms with E-state index in [1.54, 1.807) is 0 Å². The molecule has 0 atom stereocenters. The zero-order chi connectivity index (χ0) is 10.4. The summed E-state index contributed by atoms with van der Waals surface area (Å²) in [6, 6.07) is 0.276. The molecule has 0 aliphatic heterocycles. The molecule has 74 valence electrons.